The second-order valence-electron chi connectivity index (χ2n) is 5.23. The second kappa shape index (κ2) is 4.17. The molecule has 2 unspecified atom stereocenters. The van der Waals surface area contributed by atoms with E-state index in [4.69, 9.17) is 4.74 Å². The fraction of sp³-hybridized carbons (Fsp3) is 0.833. The fourth-order valence-corrected chi connectivity index (χ4v) is 3.33. The molecule has 0 bridgehead atoms. The van der Waals surface area contributed by atoms with Gasteiger partial charge in [-0.05, 0) is 38.0 Å². The van der Waals surface area contributed by atoms with Crippen LogP contribution in [0.1, 0.15) is 44.3 Å². The van der Waals surface area contributed by atoms with E-state index in [0.29, 0.717) is 0 Å². The van der Waals surface area contributed by atoms with E-state index in [1.54, 1.807) is 6.33 Å². The molecule has 2 fully saturated rings. The molecule has 2 atom stereocenters. The van der Waals surface area contributed by atoms with Gasteiger partial charge in [0.1, 0.15) is 12.2 Å². The van der Waals surface area contributed by atoms with Crippen LogP contribution in [0.15, 0.2) is 6.33 Å². The predicted octanol–water partition coefficient (Wildman–Crippen LogP) is 2.09. The summed E-state index contributed by atoms with van der Waals surface area (Å²) in [6, 6.07) is 0. The highest BCUT2D eigenvalue weighted by molar-refractivity contribution is 4.94. The van der Waals surface area contributed by atoms with Crippen molar-refractivity contribution in [3.05, 3.63) is 12.2 Å². The van der Waals surface area contributed by atoms with Gasteiger partial charge < -0.3 is 4.74 Å². The van der Waals surface area contributed by atoms with E-state index in [9.17, 15) is 0 Å². The highest BCUT2D eigenvalue weighted by Crippen LogP contribution is 2.42. The first kappa shape index (κ1) is 10.3. The minimum absolute atomic E-state index is 0.225. The molecule has 3 rings (SSSR count). The van der Waals surface area contributed by atoms with Gasteiger partial charge in [0.05, 0.1) is 5.60 Å². The van der Waals surface area contributed by atoms with Gasteiger partial charge in [0.25, 0.3) is 0 Å². The minimum Gasteiger partial charge on any atom is -0.375 e. The zero-order valence-electron chi connectivity index (χ0n) is 9.61. The van der Waals surface area contributed by atoms with Crippen LogP contribution in [0.5, 0.6) is 0 Å². The molecule has 88 valence electrons. The SMILES string of the molecule is c1n[nH]c(CC2CCCC3(CCCO3)C2)n1. The molecule has 0 aromatic carbocycles. The molecule has 2 aliphatic rings. The monoisotopic (exact) mass is 221 g/mol. The second-order valence-corrected chi connectivity index (χ2v) is 5.23. The van der Waals surface area contributed by atoms with Crippen LogP contribution in [-0.2, 0) is 11.2 Å². The van der Waals surface area contributed by atoms with Crippen molar-refractivity contribution in [2.45, 2.75) is 50.5 Å². The van der Waals surface area contributed by atoms with Crippen molar-refractivity contribution in [2.24, 2.45) is 5.92 Å². The van der Waals surface area contributed by atoms with Crippen molar-refractivity contribution >= 4 is 0 Å². The van der Waals surface area contributed by atoms with Gasteiger partial charge in [-0.2, -0.15) is 5.10 Å². The zero-order valence-corrected chi connectivity index (χ0v) is 9.61. The molecule has 1 saturated heterocycles. The molecule has 1 aromatic heterocycles. The number of nitrogens with one attached hydrogen (secondary N) is 1. The van der Waals surface area contributed by atoms with Gasteiger partial charge in [-0.15, -0.1) is 0 Å². The Balaban J connectivity index is 1.63. The third-order valence-corrected chi connectivity index (χ3v) is 4.04. The lowest BCUT2D eigenvalue weighted by Gasteiger charge is -2.37. The minimum atomic E-state index is 0.225. The van der Waals surface area contributed by atoms with Crippen molar-refractivity contribution in [3.8, 4) is 0 Å². The van der Waals surface area contributed by atoms with Gasteiger partial charge in [-0.25, -0.2) is 4.98 Å². The summed E-state index contributed by atoms with van der Waals surface area (Å²) in [4.78, 5) is 4.22. The van der Waals surface area contributed by atoms with E-state index in [-0.39, 0.29) is 5.60 Å². The molecule has 4 heteroatoms. The molecule has 1 spiro atoms. The van der Waals surface area contributed by atoms with Crippen LogP contribution < -0.4 is 0 Å². The van der Waals surface area contributed by atoms with Crippen molar-refractivity contribution in [1.29, 1.82) is 0 Å². The molecule has 4 nitrogen and oxygen atoms in total. The van der Waals surface area contributed by atoms with E-state index in [1.807, 2.05) is 0 Å². The molecular formula is C12H19N3O. The van der Waals surface area contributed by atoms with Gasteiger partial charge in [-0.3, -0.25) is 5.10 Å². The number of hydrogen-bond donors (Lipinski definition) is 1. The number of ether oxygens (including phenoxy) is 1. The Hall–Kier alpha value is -0.900. The topological polar surface area (TPSA) is 50.8 Å². The molecule has 1 saturated carbocycles. The lowest BCUT2D eigenvalue weighted by molar-refractivity contribution is -0.0404. The van der Waals surface area contributed by atoms with Crippen molar-refractivity contribution in [1.82, 2.24) is 15.2 Å². The Bertz CT molecular complexity index is 330. The highest BCUT2D eigenvalue weighted by atomic mass is 16.5. The number of aromatic nitrogens is 3. The highest BCUT2D eigenvalue weighted by Gasteiger charge is 2.39. The predicted molar refractivity (Wildman–Crippen MR) is 60.0 cm³/mol. The number of H-pyrrole nitrogens is 1. The van der Waals surface area contributed by atoms with E-state index in [0.717, 1.165) is 24.8 Å². The summed E-state index contributed by atoms with van der Waals surface area (Å²) in [6.45, 7) is 0.967. The molecule has 2 heterocycles. The fourth-order valence-electron chi connectivity index (χ4n) is 3.33. The van der Waals surface area contributed by atoms with Crippen LogP contribution in [0, 0.1) is 5.92 Å². The lowest BCUT2D eigenvalue weighted by atomic mass is 9.75. The summed E-state index contributed by atoms with van der Waals surface area (Å²) in [5, 5.41) is 6.87. The first-order chi connectivity index (χ1) is 7.86. The van der Waals surface area contributed by atoms with Gasteiger partial charge in [0, 0.05) is 13.0 Å². The summed E-state index contributed by atoms with van der Waals surface area (Å²) in [7, 11) is 0. The average molecular weight is 221 g/mol. The molecule has 0 radical (unpaired) electrons. The maximum absolute atomic E-state index is 5.98. The summed E-state index contributed by atoms with van der Waals surface area (Å²) in [5.41, 5.74) is 0.225. The van der Waals surface area contributed by atoms with Crippen LogP contribution >= 0.6 is 0 Å². The third-order valence-electron chi connectivity index (χ3n) is 4.04. The Kier molecular flexibility index (Phi) is 2.67. The van der Waals surface area contributed by atoms with E-state index in [1.165, 1.54) is 38.5 Å². The molecule has 1 N–H and O–H groups in total. The summed E-state index contributed by atoms with van der Waals surface area (Å²) in [6.07, 6.45) is 10.2. The number of hydrogen-bond acceptors (Lipinski definition) is 3. The van der Waals surface area contributed by atoms with Gasteiger partial charge in [-0.1, -0.05) is 6.42 Å². The van der Waals surface area contributed by atoms with Gasteiger partial charge >= 0.3 is 0 Å². The molecule has 1 aliphatic heterocycles. The van der Waals surface area contributed by atoms with Crippen molar-refractivity contribution < 1.29 is 4.74 Å². The Morgan fingerprint density at radius 2 is 2.38 bits per heavy atom. The number of aromatic amines is 1. The summed E-state index contributed by atoms with van der Waals surface area (Å²) >= 11 is 0. The standard InChI is InChI=1S/C12H19N3O/c1-3-10(7-11-13-9-14-15-11)8-12(4-1)5-2-6-16-12/h9-10H,1-8H2,(H,13,14,15). The lowest BCUT2D eigenvalue weighted by Crippen LogP contribution is -2.35. The Morgan fingerprint density at radius 1 is 1.44 bits per heavy atom. The van der Waals surface area contributed by atoms with Crippen LogP contribution in [0.4, 0.5) is 0 Å². The van der Waals surface area contributed by atoms with Crippen molar-refractivity contribution in [2.75, 3.05) is 6.61 Å². The largest absolute Gasteiger partial charge is 0.375 e. The van der Waals surface area contributed by atoms with E-state index < -0.39 is 0 Å². The average Bonchev–Trinajstić information content (AvgIpc) is 2.91. The van der Waals surface area contributed by atoms with Gasteiger partial charge in [0.2, 0.25) is 0 Å². The maximum atomic E-state index is 5.98. The van der Waals surface area contributed by atoms with Gasteiger partial charge in [0.15, 0.2) is 0 Å². The molecule has 1 aliphatic carbocycles. The number of rotatable bonds is 2. The first-order valence-electron chi connectivity index (χ1n) is 6.35. The van der Waals surface area contributed by atoms with Crippen LogP contribution in [0.3, 0.4) is 0 Å². The first-order valence-corrected chi connectivity index (χ1v) is 6.35. The van der Waals surface area contributed by atoms with Crippen LogP contribution in [0.2, 0.25) is 0 Å². The number of nitrogens with zero attached hydrogens (tertiary/aromatic N) is 2. The van der Waals surface area contributed by atoms with Crippen molar-refractivity contribution in [3.63, 3.8) is 0 Å². The molecule has 1 aromatic rings. The van der Waals surface area contributed by atoms with E-state index >= 15 is 0 Å². The smallest absolute Gasteiger partial charge is 0.137 e. The molecular weight excluding hydrogens is 202 g/mol. The third kappa shape index (κ3) is 1.98. The summed E-state index contributed by atoms with van der Waals surface area (Å²) in [5.74, 6) is 1.75. The Labute approximate surface area is 95.8 Å². The maximum Gasteiger partial charge on any atom is 0.137 e. The van der Waals surface area contributed by atoms with E-state index in [2.05, 4.69) is 15.2 Å². The summed E-state index contributed by atoms with van der Waals surface area (Å²) < 4.78 is 5.98. The van der Waals surface area contributed by atoms with Crippen LogP contribution in [0.25, 0.3) is 0 Å². The molecule has 16 heavy (non-hydrogen) atoms. The zero-order chi connectivity index (χ0) is 10.8. The molecule has 0 amide bonds. The normalized spacial score (nSPS) is 34.6. The Morgan fingerprint density at radius 3 is 3.12 bits per heavy atom. The quantitative estimate of drug-likeness (QED) is 0.832. The van der Waals surface area contributed by atoms with Crippen LogP contribution in [-0.4, -0.2) is 27.4 Å².